The molecule has 0 aliphatic rings. The first-order valence-corrected chi connectivity index (χ1v) is 5.87. The van der Waals surface area contributed by atoms with E-state index in [1.807, 2.05) is 18.3 Å². The minimum absolute atomic E-state index is 0.406. The summed E-state index contributed by atoms with van der Waals surface area (Å²) in [6.07, 6.45) is 5.52. The third-order valence-electron chi connectivity index (χ3n) is 3.01. The van der Waals surface area contributed by atoms with Gasteiger partial charge in [-0.05, 0) is 30.7 Å². The van der Waals surface area contributed by atoms with E-state index in [-0.39, 0.29) is 0 Å². The van der Waals surface area contributed by atoms with Crippen molar-refractivity contribution < 1.29 is 0 Å². The van der Waals surface area contributed by atoms with Crippen molar-refractivity contribution in [2.24, 2.45) is 5.73 Å². The Kier molecular flexibility index (Phi) is 2.57. The molecule has 0 spiro atoms. The number of nitrogens with zero attached hydrogens (tertiary/aromatic N) is 3. The van der Waals surface area contributed by atoms with Crippen LogP contribution in [0.2, 0.25) is 0 Å². The topological polar surface area (TPSA) is 56.2 Å². The van der Waals surface area contributed by atoms with Gasteiger partial charge in [0, 0.05) is 24.5 Å². The second kappa shape index (κ2) is 4.23. The first kappa shape index (κ1) is 10.9. The Labute approximate surface area is 105 Å². The van der Waals surface area contributed by atoms with Crippen LogP contribution < -0.4 is 5.73 Å². The van der Waals surface area contributed by atoms with Gasteiger partial charge < -0.3 is 10.1 Å². The van der Waals surface area contributed by atoms with Crippen LogP contribution in [-0.2, 0) is 6.54 Å². The van der Waals surface area contributed by atoms with Gasteiger partial charge in [0.1, 0.15) is 5.69 Å². The van der Waals surface area contributed by atoms with E-state index in [4.69, 9.17) is 5.73 Å². The highest BCUT2D eigenvalue weighted by molar-refractivity contribution is 5.68. The largest absolute Gasteiger partial charge is 0.325 e. The molecule has 0 aliphatic carbocycles. The van der Waals surface area contributed by atoms with Gasteiger partial charge in [0.25, 0.3) is 0 Å². The fourth-order valence-corrected chi connectivity index (χ4v) is 2.20. The van der Waals surface area contributed by atoms with Gasteiger partial charge in [-0.1, -0.05) is 6.07 Å². The molecule has 0 aliphatic heterocycles. The average molecular weight is 238 g/mol. The molecule has 2 N–H and O–H groups in total. The summed E-state index contributed by atoms with van der Waals surface area (Å²) in [6.45, 7) is 2.49. The second-order valence-corrected chi connectivity index (χ2v) is 4.27. The molecule has 3 heterocycles. The van der Waals surface area contributed by atoms with Gasteiger partial charge in [0.15, 0.2) is 0 Å². The normalized spacial score (nSPS) is 11.0. The Morgan fingerprint density at radius 1 is 1.28 bits per heavy atom. The number of hydrogen-bond acceptors (Lipinski definition) is 3. The van der Waals surface area contributed by atoms with Gasteiger partial charge in [-0.3, -0.25) is 4.98 Å². The van der Waals surface area contributed by atoms with E-state index >= 15 is 0 Å². The molecule has 0 fully saturated rings. The minimum atomic E-state index is 0.406. The SMILES string of the molecule is Cc1cc2ccccn2c1-c1cncc(CN)n1. The molecule has 0 bridgehead atoms. The van der Waals surface area contributed by atoms with Crippen LogP contribution in [0.3, 0.4) is 0 Å². The van der Waals surface area contributed by atoms with Crippen LogP contribution in [0.4, 0.5) is 0 Å². The molecule has 4 nitrogen and oxygen atoms in total. The van der Waals surface area contributed by atoms with Crippen molar-refractivity contribution in [3.05, 3.63) is 54.1 Å². The van der Waals surface area contributed by atoms with Crippen LogP contribution in [0.5, 0.6) is 0 Å². The summed E-state index contributed by atoms with van der Waals surface area (Å²) in [5.74, 6) is 0. The van der Waals surface area contributed by atoms with Crippen molar-refractivity contribution in [3.8, 4) is 11.4 Å². The lowest BCUT2D eigenvalue weighted by Gasteiger charge is -2.05. The Hall–Kier alpha value is -2.20. The fourth-order valence-electron chi connectivity index (χ4n) is 2.20. The van der Waals surface area contributed by atoms with E-state index in [0.29, 0.717) is 6.54 Å². The highest BCUT2D eigenvalue weighted by Crippen LogP contribution is 2.25. The van der Waals surface area contributed by atoms with Crippen molar-refractivity contribution in [2.75, 3.05) is 0 Å². The van der Waals surface area contributed by atoms with Crippen molar-refractivity contribution in [3.63, 3.8) is 0 Å². The van der Waals surface area contributed by atoms with Crippen LogP contribution in [0.15, 0.2) is 42.9 Å². The van der Waals surface area contributed by atoms with E-state index in [2.05, 4.69) is 33.4 Å². The standard InChI is InChI=1S/C14H14N4/c1-10-6-12-4-2-3-5-18(12)14(10)13-9-16-8-11(7-15)17-13/h2-6,8-9H,7,15H2,1H3. The van der Waals surface area contributed by atoms with Crippen LogP contribution in [-0.4, -0.2) is 14.4 Å². The van der Waals surface area contributed by atoms with Crippen molar-refractivity contribution in [2.45, 2.75) is 13.5 Å². The number of fused-ring (bicyclic) bond motifs is 1. The molecule has 0 radical (unpaired) electrons. The molecule has 4 heteroatoms. The predicted molar refractivity (Wildman–Crippen MR) is 71.1 cm³/mol. The van der Waals surface area contributed by atoms with Gasteiger partial charge in [0.2, 0.25) is 0 Å². The average Bonchev–Trinajstić information content (AvgIpc) is 2.74. The summed E-state index contributed by atoms with van der Waals surface area (Å²) < 4.78 is 2.12. The number of nitrogens with two attached hydrogens (primary N) is 1. The molecule has 0 saturated carbocycles. The lowest BCUT2D eigenvalue weighted by molar-refractivity contribution is 0.961. The third kappa shape index (κ3) is 1.67. The maximum absolute atomic E-state index is 5.61. The molecule has 0 amide bonds. The molecule has 90 valence electrons. The lowest BCUT2D eigenvalue weighted by Crippen LogP contribution is -2.02. The van der Waals surface area contributed by atoms with E-state index in [9.17, 15) is 0 Å². The second-order valence-electron chi connectivity index (χ2n) is 4.27. The lowest BCUT2D eigenvalue weighted by atomic mass is 10.2. The molecular formula is C14H14N4. The fraction of sp³-hybridized carbons (Fsp3) is 0.143. The van der Waals surface area contributed by atoms with Crippen LogP contribution in [0, 0.1) is 6.92 Å². The number of rotatable bonds is 2. The van der Waals surface area contributed by atoms with Crippen molar-refractivity contribution in [1.29, 1.82) is 0 Å². The zero-order chi connectivity index (χ0) is 12.5. The predicted octanol–water partition coefficient (Wildman–Crippen LogP) is 2.16. The smallest absolute Gasteiger partial charge is 0.106 e. The molecule has 3 aromatic heterocycles. The Morgan fingerprint density at radius 3 is 3.00 bits per heavy atom. The summed E-state index contributed by atoms with van der Waals surface area (Å²) in [7, 11) is 0. The molecule has 0 atom stereocenters. The quantitative estimate of drug-likeness (QED) is 0.744. The van der Waals surface area contributed by atoms with Gasteiger partial charge in [0.05, 0.1) is 17.6 Å². The van der Waals surface area contributed by atoms with Gasteiger partial charge in [-0.2, -0.15) is 0 Å². The highest BCUT2D eigenvalue weighted by atomic mass is 14.9. The van der Waals surface area contributed by atoms with Gasteiger partial charge in [-0.15, -0.1) is 0 Å². The monoisotopic (exact) mass is 238 g/mol. The summed E-state index contributed by atoms with van der Waals surface area (Å²) >= 11 is 0. The maximum atomic E-state index is 5.61. The Morgan fingerprint density at radius 2 is 2.17 bits per heavy atom. The number of hydrogen-bond donors (Lipinski definition) is 1. The Balaban J connectivity index is 2.27. The molecule has 0 aromatic carbocycles. The van der Waals surface area contributed by atoms with Crippen LogP contribution in [0.25, 0.3) is 16.9 Å². The van der Waals surface area contributed by atoms with Crippen LogP contribution in [0.1, 0.15) is 11.3 Å². The van der Waals surface area contributed by atoms with Gasteiger partial charge in [-0.25, -0.2) is 4.98 Å². The summed E-state index contributed by atoms with van der Waals surface area (Å²) in [4.78, 5) is 8.74. The first-order valence-electron chi connectivity index (χ1n) is 5.87. The van der Waals surface area contributed by atoms with Crippen LogP contribution >= 0.6 is 0 Å². The van der Waals surface area contributed by atoms with E-state index in [0.717, 1.165) is 22.6 Å². The van der Waals surface area contributed by atoms with E-state index in [1.165, 1.54) is 5.56 Å². The first-order chi connectivity index (χ1) is 8.79. The molecule has 3 aromatic rings. The van der Waals surface area contributed by atoms with Crippen molar-refractivity contribution >= 4 is 5.52 Å². The Bertz CT molecular complexity index is 700. The molecule has 18 heavy (non-hydrogen) atoms. The molecule has 3 rings (SSSR count). The molecule has 0 saturated heterocycles. The van der Waals surface area contributed by atoms with E-state index in [1.54, 1.807) is 12.4 Å². The van der Waals surface area contributed by atoms with E-state index < -0.39 is 0 Å². The highest BCUT2D eigenvalue weighted by Gasteiger charge is 2.10. The number of pyridine rings is 1. The minimum Gasteiger partial charge on any atom is -0.325 e. The summed E-state index contributed by atoms with van der Waals surface area (Å²) in [5, 5.41) is 0. The zero-order valence-electron chi connectivity index (χ0n) is 10.2. The van der Waals surface area contributed by atoms with Gasteiger partial charge >= 0.3 is 0 Å². The third-order valence-corrected chi connectivity index (χ3v) is 3.01. The maximum Gasteiger partial charge on any atom is 0.106 e. The molecular weight excluding hydrogens is 224 g/mol. The molecule has 0 unspecified atom stereocenters. The summed E-state index contributed by atoms with van der Waals surface area (Å²) in [6, 6.07) is 8.26. The summed E-state index contributed by atoms with van der Waals surface area (Å²) in [5.41, 5.74) is 10.7. The zero-order valence-corrected chi connectivity index (χ0v) is 10.2. The van der Waals surface area contributed by atoms with Crippen molar-refractivity contribution in [1.82, 2.24) is 14.4 Å². The number of aromatic nitrogens is 3. The number of aryl methyl sites for hydroxylation is 1.